The van der Waals surface area contributed by atoms with Crippen LogP contribution in [0.3, 0.4) is 0 Å². The Morgan fingerprint density at radius 1 is 1.33 bits per heavy atom. The molecule has 3 N–H and O–H groups in total. The van der Waals surface area contributed by atoms with Crippen molar-refractivity contribution in [3.8, 4) is 11.3 Å². The van der Waals surface area contributed by atoms with Gasteiger partial charge in [0.15, 0.2) is 0 Å². The molecule has 2 rings (SSSR count). The molecule has 3 nitrogen and oxygen atoms in total. The molecule has 96 valence electrons. The molecule has 1 aromatic heterocycles. The highest BCUT2D eigenvalue weighted by atomic mass is 14.9. The van der Waals surface area contributed by atoms with Crippen LogP contribution in [0.5, 0.6) is 0 Å². The summed E-state index contributed by atoms with van der Waals surface area (Å²) < 4.78 is 0. The lowest BCUT2D eigenvalue weighted by molar-refractivity contribution is 0.638. The first-order chi connectivity index (χ1) is 8.65. The zero-order chi connectivity index (χ0) is 13.1. The molecule has 1 heterocycles. The second-order valence-electron chi connectivity index (χ2n) is 4.81. The van der Waals surface area contributed by atoms with Crippen molar-refractivity contribution in [3.63, 3.8) is 0 Å². The maximum absolute atomic E-state index is 5.78. The number of aryl methyl sites for hydroxylation is 2. The van der Waals surface area contributed by atoms with E-state index in [1.54, 1.807) is 0 Å². The predicted octanol–water partition coefficient (Wildman–Crippen LogP) is 3.15. The first-order valence-corrected chi connectivity index (χ1v) is 6.49. The molecular weight excluding hydrogens is 222 g/mol. The fraction of sp³-hybridized carbons (Fsp3) is 0.400. The molecule has 18 heavy (non-hydrogen) atoms. The van der Waals surface area contributed by atoms with E-state index in [9.17, 15) is 0 Å². The number of aromatic amines is 1. The van der Waals surface area contributed by atoms with Crippen molar-refractivity contribution in [2.24, 2.45) is 5.73 Å². The van der Waals surface area contributed by atoms with Gasteiger partial charge in [-0.05, 0) is 26.3 Å². The average Bonchev–Trinajstić information content (AvgIpc) is 2.73. The number of H-pyrrole nitrogens is 1. The van der Waals surface area contributed by atoms with Gasteiger partial charge in [0.25, 0.3) is 0 Å². The molecule has 1 aromatic carbocycles. The standard InChI is InChI=1S/C15H21N3/c1-4-12(9-16)15-17-11(3)14(18-15)13-7-5-6-10(2)8-13/h5-8,12H,4,9,16H2,1-3H3,(H,17,18). The predicted molar refractivity (Wildman–Crippen MR) is 75.6 cm³/mol. The van der Waals surface area contributed by atoms with E-state index in [1.165, 1.54) is 11.1 Å². The second kappa shape index (κ2) is 5.36. The van der Waals surface area contributed by atoms with Gasteiger partial charge in [-0.2, -0.15) is 0 Å². The van der Waals surface area contributed by atoms with E-state index in [0.717, 1.165) is 23.6 Å². The van der Waals surface area contributed by atoms with E-state index in [1.807, 2.05) is 0 Å². The molecule has 0 radical (unpaired) electrons. The van der Waals surface area contributed by atoms with Gasteiger partial charge in [-0.1, -0.05) is 30.7 Å². The van der Waals surface area contributed by atoms with Gasteiger partial charge in [-0.3, -0.25) is 0 Å². The monoisotopic (exact) mass is 243 g/mol. The third-order valence-corrected chi connectivity index (χ3v) is 3.36. The van der Waals surface area contributed by atoms with Crippen molar-refractivity contribution in [1.29, 1.82) is 0 Å². The third kappa shape index (κ3) is 2.46. The topological polar surface area (TPSA) is 54.7 Å². The number of rotatable bonds is 4. The minimum atomic E-state index is 0.322. The lowest BCUT2D eigenvalue weighted by Gasteiger charge is -2.07. The quantitative estimate of drug-likeness (QED) is 0.866. The molecule has 0 aliphatic rings. The normalized spacial score (nSPS) is 12.7. The van der Waals surface area contributed by atoms with Crippen molar-refractivity contribution in [2.45, 2.75) is 33.1 Å². The Labute approximate surface area is 108 Å². The molecule has 3 heteroatoms. The summed E-state index contributed by atoms with van der Waals surface area (Å²) >= 11 is 0. The van der Waals surface area contributed by atoms with Gasteiger partial charge in [0.2, 0.25) is 0 Å². The van der Waals surface area contributed by atoms with Crippen LogP contribution in [0, 0.1) is 13.8 Å². The van der Waals surface area contributed by atoms with E-state index in [0.29, 0.717) is 12.5 Å². The maximum atomic E-state index is 5.78. The third-order valence-electron chi connectivity index (χ3n) is 3.36. The van der Waals surface area contributed by atoms with Gasteiger partial charge >= 0.3 is 0 Å². The van der Waals surface area contributed by atoms with Crippen LogP contribution in [-0.4, -0.2) is 16.5 Å². The van der Waals surface area contributed by atoms with Gasteiger partial charge in [0.1, 0.15) is 5.82 Å². The van der Waals surface area contributed by atoms with E-state index in [2.05, 4.69) is 50.0 Å². The molecule has 0 bridgehead atoms. The summed E-state index contributed by atoms with van der Waals surface area (Å²) in [4.78, 5) is 8.10. The summed E-state index contributed by atoms with van der Waals surface area (Å²) in [7, 11) is 0. The molecule has 2 aromatic rings. The van der Waals surface area contributed by atoms with Crippen LogP contribution in [0.15, 0.2) is 24.3 Å². The first-order valence-electron chi connectivity index (χ1n) is 6.49. The van der Waals surface area contributed by atoms with Crippen LogP contribution in [-0.2, 0) is 0 Å². The molecule has 0 saturated heterocycles. The Hall–Kier alpha value is -1.61. The zero-order valence-corrected chi connectivity index (χ0v) is 11.3. The van der Waals surface area contributed by atoms with Crippen LogP contribution in [0.2, 0.25) is 0 Å². The van der Waals surface area contributed by atoms with Gasteiger partial charge < -0.3 is 10.7 Å². The highest BCUT2D eigenvalue weighted by Crippen LogP contribution is 2.25. The number of nitrogens with two attached hydrogens (primary N) is 1. The molecule has 1 atom stereocenters. The van der Waals surface area contributed by atoms with E-state index in [-0.39, 0.29) is 0 Å². The number of aromatic nitrogens is 2. The fourth-order valence-corrected chi connectivity index (χ4v) is 2.22. The van der Waals surface area contributed by atoms with Crippen molar-refractivity contribution in [3.05, 3.63) is 41.3 Å². The van der Waals surface area contributed by atoms with Crippen LogP contribution < -0.4 is 5.73 Å². The van der Waals surface area contributed by atoms with Crippen molar-refractivity contribution < 1.29 is 0 Å². The minimum absolute atomic E-state index is 0.322. The Kier molecular flexibility index (Phi) is 3.82. The van der Waals surface area contributed by atoms with Crippen molar-refractivity contribution in [2.75, 3.05) is 6.54 Å². The van der Waals surface area contributed by atoms with Crippen LogP contribution >= 0.6 is 0 Å². The van der Waals surface area contributed by atoms with Gasteiger partial charge in [0.05, 0.1) is 5.69 Å². The summed E-state index contributed by atoms with van der Waals surface area (Å²) in [6, 6.07) is 8.43. The largest absolute Gasteiger partial charge is 0.345 e. The molecule has 0 fully saturated rings. The number of hydrogen-bond acceptors (Lipinski definition) is 2. The summed E-state index contributed by atoms with van der Waals surface area (Å²) in [6.07, 6.45) is 1.01. The Morgan fingerprint density at radius 2 is 2.11 bits per heavy atom. The van der Waals surface area contributed by atoms with Gasteiger partial charge in [-0.15, -0.1) is 0 Å². The molecule has 0 saturated carbocycles. The van der Waals surface area contributed by atoms with Crippen LogP contribution in [0.25, 0.3) is 11.3 Å². The van der Waals surface area contributed by atoms with Gasteiger partial charge in [0, 0.05) is 23.7 Å². The average molecular weight is 243 g/mol. The van der Waals surface area contributed by atoms with Crippen LogP contribution in [0.1, 0.15) is 36.3 Å². The Morgan fingerprint density at radius 3 is 2.72 bits per heavy atom. The highest BCUT2D eigenvalue weighted by Gasteiger charge is 2.15. The molecular formula is C15H21N3. The number of nitrogens with zero attached hydrogens (tertiary/aromatic N) is 1. The van der Waals surface area contributed by atoms with E-state index in [4.69, 9.17) is 10.7 Å². The molecule has 1 unspecified atom stereocenters. The van der Waals surface area contributed by atoms with Crippen molar-refractivity contribution in [1.82, 2.24) is 9.97 Å². The zero-order valence-electron chi connectivity index (χ0n) is 11.3. The molecule has 0 aliphatic carbocycles. The van der Waals surface area contributed by atoms with E-state index >= 15 is 0 Å². The molecule has 0 amide bonds. The minimum Gasteiger partial charge on any atom is -0.345 e. The van der Waals surface area contributed by atoms with Crippen molar-refractivity contribution >= 4 is 0 Å². The number of nitrogens with one attached hydrogen (secondary N) is 1. The number of imidazole rings is 1. The first kappa shape index (κ1) is 12.8. The SMILES string of the molecule is CCC(CN)c1nc(-c2cccc(C)c2)c(C)[nH]1. The number of benzene rings is 1. The summed E-state index contributed by atoms with van der Waals surface area (Å²) in [5.41, 5.74) is 10.4. The molecule has 0 aliphatic heterocycles. The van der Waals surface area contributed by atoms with Gasteiger partial charge in [-0.25, -0.2) is 4.98 Å². The Bertz CT molecular complexity index is 524. The summed E-state index contributed by atoms with van der Waals surface area (Å²) in [5.74, 6) is 1.33. The van der Waals surface area contributed by atoms with Crippen LogP contribution in [0.4, 0.5) is 0 Å². The smallest absolute Gasteiger partial charge is 0.111 e. The second-order valence-corrected chi connectivity index (χ2v) is 4.81. The highest BCUT2D eigenvalue weighted by molar-refractivity contribution is 5.62. The molecule has 0 spiro atoms. The Balaban J connectivity index is 2.40. The fourth-order valence-electron chi connectivity index (χ4n) is 2.22. The maximum Gasteiger partial charge on any atom is 0.111 e. The summed E-state index contributed by atoms with van der Waals surface area (Å²) in [6.45, 7) is 6.94. The lowest BCUT2D eigenvalue weighted by Crippen LogP contribution is -2.12. The lowest BCUT2D eigenvalue weighted by atomic mass is 10.1. The summed E-state index contributed by atoms with van der Waals surface area (Å²) in [5, 5.41) is 0. The number of hydrogen-bond donors (Lipinski definition) is 2. The van der Waals surface area contributed by atoms with E-state index < -0.39 is 0 Å².